The van der Waals surface area contributed by atoms with Crippen molar-refractivity contribution in [2.75, 3.05) is 13.2 Å². The number of aliphatic hydroxyl groups is 4. The minimum atomic E-state index is -1.62. The van der Waals surface area contributed by atoms with E-state index in [0.717, 1.165) is 12.1 Å². The van der Waals surface area contributed by atoms with E-state index >= 15 is 0 Å². The van der Waals surface area contributed by atoms with E-state index < -0.39 is 54.9 Å². The summed E-state index contributed by atoms with van der Waals surface area (Å²) in [5.74, 6) is -1.39. The molecular formula is C22H22O11. The van der Waals surface area contributed by atoms with E-state index in [2.05, 4.69) is 0 Å². The van der Waals surface area contributed by atoms with Crippen molar-refractivity contribution in [2.45, 2.75) is 30.5 Å². The number of hydrogen-bond acceptors (Lipinski definition) is 11. The molecule has 176 valence electrons. The van der Waals surface area contributed by atoms with Crippen LogP contribution in [-0.4, -0.2) is 79.5 Å². The van der Waals surface area contributed by atoms with Crippen molar-refractivity contribution >= 4 is 11.0 Å². The Balaban J connectivity index is 1.77. The van der Waals surface area contributed by atoms with E-state index in [1.54, 1.807) is 0 Å². The van der Waals surface area contributed by atoms with E-state index in [1.807, 2.05) is 0 Å². The van der Waals surface area contributed by atoms with Crippen molar-refractivity contribution in [3.63, 3.8) is 0 Å². The molecule has 7 N–H and O–H groups in total. The fourth-order valence-electron chi connectivity index (χ4n) is 3.68. The first kappa shape index (κ1) is 22.8. The van der Waals surface area contributed by atoms with Crippen LogP contribution in [0, 0.1) is 0 Å². The summed E-state index contributed by atoms with van der Waals surface area (Å²) < 4.78 is 16.8. The second-order valence-corrected chi connectivity index (χ2v) is 7.65. The molecule has 33 heavy (non-hydrogen) atoms. The fourth-order valence-corrected chi connectivity index (χ4v) is 3.68. The standard InChI is InChI=1S/C22H22O11/c23-7-14-17(27)20(30)18(28)15(32-14)8-31-22-19(29)16-12(26)5-11(25)6-13(16)33-21(22)9-1-3-10(24)4-2-9/h1-6,14-15,17-18,20,23-28,30H,7-8H2/t14-,15+,17-,18+,20+/m1/s1. The highest BCUT2D eigenvalue weighted by Crippen LogP contribution is 2.36. The van der Waals surface area contributed by atoms with Crippen molar-refractivity contribution in [1.82, 2.24) is 0 Å². The molecule has 11 nitrogen and oxygen atoms in total. The molecule has 1 fully saturated rings. The van der Waals surface area contributed by atoms with Crippen molar-refractivity contribution in [2.24, 2.45) is 0 Å². The smallest absolute Gasteiger partial charge is 0.239 e. The highest BCUT2D eigenvalue weighted by Gasteiger charge is 2.43. The lowest BCUT2D eigenvalue weighted by molar-refractivity contribution is -0.234. The first-order valence-electron chi connectivity index (χ1n) is 9.96. The van der Waals surface area contributed by atoms with Crippen LogP contribution in [0.3, 0.4) is 0 Å². The molecule has 0 bridgehead atoms. The summed E-state index contributed by atoms with van der Waals surface area (Å²) in [4.78, 5) is 13.2. The number of fused-ring (bicyclic) bond motifs is 1. The number of phenols is 3. The van der Waals surface area contributed by atoms with Crippen LogP contribution < -0.4 is 10.2 Å². The molecule has 0 radical (unpaired) electrons. The number of aliphatic hydroxyl groups excluding tert-OH is 4. The van der Waals surface area contributed by atoms with Crippen LogP contribution in [0.15, 0.2) is 45.6 Å². The molecule has 0 unspecified atom stereocenters. The summed E-state index contributed by atoms with van der Waals surface area (Å²) >= 11 is 0. The minimum Gasteiger partial charge on any atom is -0.508 e. The Hall–Kier alpha value is -3.35. The lowest BCUT2D eigenvalue weighted by Gasteiger charge is -2.39. The summed E-state index contributed by atoms with van der Waals surface area (Å²) in [5.41, 5.74) is -0.597. The molecular weight excluding hydrogens is 440 g/mol. The minimum absolute atomic E-state index is 0.0408. The van der Waals surface area contributed by atoms with Crippen LogP contribution in [-0.2, 0) is 4.74 Å². The second-order valence-electron chi connectivity index (χ2n) is 7.65. The Morgan fingerprint density at radius 2 is 1.55 bits per heavy atom. The van der Waals surface area contributed by atoms with E-state index in [1.165, 1.54) is 24.3 Å². The van der Waals surface area contributed by atoms with Crippen LogP contribution in [0.2, 0.25) is 0 Å². The molecule has 0 amide bonds. The molecule has 2 heterocycles. The van der Waals surface area contributed by atoms with E-state index in [0.29, 0.717) is 5.56 Å². The Kier molecular flexibility index (Phi) is 6.15. The van der Waals surface area contributed by atoms with Crippen LogP contribution >= 0.6 is 0 Å². The molecule has 1 aromatic heterocycles. The van der Waals surface area contributed by atoms with Crippen LogP contribution in [0.1, 0.15) is 0 Å². The zero-order valence-electron chi connectivity index (χ0n) is 17.0. The lowest BCUT2D eigenvalue weighted by Crippen LogP contribution is -2.59. The Morgan fingerprint density at radius 1 is 0.879 bits per heavy atom. The van der Waals surface area contributed by atoms with Crippen LogP contribution in [0.4, 0.5) is 0 Å². The van der Waals surface area contributed by atoms with Crippen molar-refractivity contribution in [3.05, 3.63) is 46.6 Å². The van der Waals surface area contributed by atoms with Gasteiger partial charge in [-0.1, -0.05) is 0 Å². The van der Waals surface area contributed by atoms with Gasteiger partial charge in [-0.15, -0.1) is 0 Å². The average Bonchev–Trinajstić information content (AvgIpc) is 2.78. The number of rotatable bonds is 5. The van der Waals surface area contributed by atoms with Gasteiger partial charge in [0.15, 0.2) is 5.76 Å². The summed E-state index contributed by atoms with van der Waals surface area (Å²) in [6.07, 6.45) is -7.15. The lowest BCUT2D eigenvalue weighted by atomic mass is 9.95. The largest absolute Gasteiger partial charge is 0.508 e. The number of benzene rings is 2. The predicted octanol–water partition coefficient (Wildman–Crippen LogP) is -0.202. The molecule has 0 spiro atoms. The molecule has 2 aromatic carbocycles. The summed E-state index contributed by atoms with van der Waals surface area (Å²) in [6.45, 7) is -1.11. The second kappa shape index (κ2) is 8.89. The van der Waals surface area contributed by atoms with Crippen molar-refractivity contribution in [3.8, 4) is 34.3 Å². The molecule has 0 aliphatic carbocycles. The van der Waals surface area contributed by atoms with Crippen LogP contribution in [0.25, 0.3) is 22.3 Å². The monoisotopic (exact) mass is 462 g/mol. The van der Waals surface area contributed by atoms with Gasteiger partial charge < -0.3 is 49.6 Å². The first-order chi connectivity index (χ1) is 15.7. The molecule has 1 aliphatic rings. The average molecular weight is 462 g/mol. The van der Waals surface area contributed by atoms with Gasteiger partial charge in [0.25, 0.3) is 0 Å². The first-order valence-corrected chi connectivity index (χ1v) is 9.96. The summed E-state index contributed by atoms with van der Waals surface area (Å²) in [5, 5.41) is 68.7. The zero-order valence-corrected chi connectivity index (χ0v) is 17.0. The van der Waals surface area contributed by atoms with Gasteiger partial charge in [-0.05, 0) is 24.3 Å². The quantitative estimate of drug-likeness (QED) is 0.266. The van der Waals surface area contributed by atoms with Gasteiger partial charge in [-0.25, -0.2) is 0 Å². The molecule has 5 atom stereocenters. The predicted molar refractivity (Wildman–Crippen MR) is 112 cm³/mol. The molecule has 1 saturated heterocycles. The molecule has 1 aliphatic heterocycles. The van der Waals surface area contributed by atoms with E-state index in [-0.39, 0.29) is 34.0 Å². The number of ether oxygens (including phenoxy) is 2. The SMILES string of the molecule is O=c1c(OC[C@@H]2O[C@H](CO)[C@@H](O)[C@H](O)[C@H]2O)c(-c2ccc(O)cc2)oc2cc(O)cc(O)c12. The highest BCUT2D eigenvalue weighted by molar-refractivity contribution is 5.88. The Labute approximate surface area is 185 Å². The van der Waals surface area contributed by atoms with Gasteiger partial charge in [0.2, 0.25) is 11.2 Å². The van der Waals surface area contributed by atoms with Gasteiger partial charge in [0.1, 0.15) is 65.3 Å². The molecule has 4 rings (SSSR count). The topological polar surface area (TPSA) is 190 Å². The third-order valence-corrected chi connectivity index (χ3v) is 5.43. The van der Waals surface area contributed by atoms with E-state index in [9.17, 15) is 40.5 Å². The van der Waals surface area contributed by atoms with E-state index in [4.69, 9.17) is 13.9 Å². The summed E-state index contributed by atoms with van der Waals surface area (Å²) in [6, 6.07) is 7.69. The van der Waals surface area contributed by atoms with Gasteiger partial charge >= 0.3 is 0 Å². The van der Waals surface area contributed by atoms with Crippen LogP contribution in [0.5, 0.6) is 23.0 Å². The third kappa shape index (κ3) is 4.19. The summed E-state index contributed by atoms with van der Waals surface area (Å²) in [7, 11) is 0. The maximum atomic E-state index is 13.2. The maximum Gasteiger partial charge on any atom is 0.239 e. The highest BCUT2D eigenvalue weighted by atomic mass is 16.6. The number of hydrogen-bond donors (Lipinski definition) is 7. The fraction of sp³-hybridized carbons (Fsp3) is 0.318. The number of phenolic OH excluding ortho intramolecular Hbond substituents is 3. The Bertz CT molecular complexity index is 1200. The van der Waals surface area contributed by atoms with Gasteiger partial charge in [0, 0.05) is 17.7 Å². The van der Waals surface area contributed by atoms with Gasteiger partial charge in [0.05, 0.1) is 6.61 Å². The normalized spacial score (nSPS) is 25.3. The Morgan fingerprint density at radius 3 is 2.21 bits per heavy atom. The molecule has 11 heteroatoms. The van der Waals surface area contributed by atoms with Crippen molar-refractivity contribution < 1.29 is 49.6 Å². The molecule has 0 saturated carbocycles. The van der Waals surface area contributed by atoms with Crippen molar-refractivity contribution in [1.29, 1.82) is 0 Å². The van der Waals surface area contributed by atoms with Gasteiger partial charge in [-0.2, -0.15) is 0 Å². The van der Waals surface area contributed by atoms with Gasteiger partial charge in [-0.3, -0.25) is 4.79 Å². The zero-order chi connectivity index (χ0) is 23.9. The maximum absolute atomic E-state index is 13.2. The molecule has 3 aromatic rings. The third-order valence-electron chi connectivity index (χ3n) is 5.43. The number of aromatic hydroxyl groups is 3.